The fourth-order valence-corrected chi connectivity index (χ4v) is 6.90. The molecule has 3 aromatic rings. The van der Waals surface area contributed by atoms with Crippen LogP contribution < -0.4 is 4.90 Å². The Bertz CT molecular complexity index is 1490. The van der Waals surface area contributed by atoms with Gasteiger partial charge in [-0.1, -0.05) is 17.3 Å². The van der Waals surface area contributed by atoms with E-state index in [0.717, 1.165) is 36.9 Å². The monoisotopic (exact) mass is 563 g/mol. The zero-order valence-electron chi connectivity index (χ0n) is 22.8. The predicted molar refractivity (Wildman–Crippen MR) is 145 cm³/mol. The van der Waals surface area contributed by atoms with Crippen LogP contribution in [0.25, 0.3) is 11.3 Å². The molecule has 1 saturated carbocycles. The maximum absolute atomic E-state index is 14.6. The zero-order valence-corrected chi connectivity index (χ0v) is 22.8. The molecule has 8 nitrogen and oxygen atoms in total. The maximum Gasteiger partial charge on any atom is 0.338 e. The summed E-state index contributed by atoms with van der Waals surface area (Å²) < 4.78 is 46.2. The lowest BCUT2D eigenvalue weighted by Gasteiger charge is -2.40. The molecule has 1 aliphatic carbocycles. The number of halogens is 2. The molecule has 214 valence electrons. The molecule has 2 amide bonds. The lowest BCUT2D eigenvalue weighted by molar-refractivity contribution is -0.0164. The van der Waals surface area contributed by atoms with Gasteiger partial charge in [0.25, 0.3) is 0 Å². The smallest absolute Gasteiger partial charge is 0.338 e. The van der Waals surface area contributed by atoms with Gasteiger partial charge < -0.3 is 18.9 Å². The number of esters is 1. The highest BCUT2D eigenvalue weighted by molar-refractivity contribution is 5.99. The second-order valence-corrected chi connectivity index (χ2v) is 11.4. The van der Waals surface area contributed by atoms with Crippen LogP contribution in [0.2, 0.25) is 0 Å². The minimum atomic E-state index is -0.686. The molecular formula is C31H31F2N3O5. The number of amides is 2. The molecule has 41 heavy (non-hydrogen) atoms. The average molecular weight is 564 g/mol. The number of aromatic nitrogens is 1. The van der Waals surface area contributed by atoms with Crippen LogP contribution >= 0.6 is 0 Å². The molecule has 1 aromatic heterocycles. The van der Waals surface area contributed by atoms with Crippen LogP contribution in [0.4, 0.5) is 19.3 Å². The number of fused-ring (bicyclic) bond motifs is 3. The maximum atomic E-state index is 14.6. The Morgan fingerprint density at radius 1 is 1.02 bits per heavy atom. The van der Waals surface area contributed by atoms with Crippen LogP contribution in [0, 0.1) is 11.6 Å². The second-order valence-electron chi connectivity index (χ2n) is 11.4. The van der Waals surface area contributed by atoms with Crippen LogP contribution in [-0.4, -0.2) is 53.9 Å². The van der Waals surface area contributed by atoms with Gasteiger partial charge in [0.15, 0.2) is 0 Å². The van der Waals surface area contributed by atoms with Crippen molar-refractivity contribution in [1.82, 2.24) is 10.1 Å². The van der Waals surface area contributed by atoms with Gasteiger partial charge in [-0.05, 0) is 74.8 Å². The van der Waals surface area contributed by atoms with Gasteiger partial charge in [0, 0.05) is 35.8 Å². The van der Waals surface area contributed by atoms with Crippen molar-refractivity contribution in [3.05, 3.63) is 70.5 Å². The Morgan fingerprint density at radius 2 is 1.73 bits per heavy atom. The van der Waals surface area contributed by atoms with Gasteiger partial charge in [-0.15, -0.1) is 0 Å². The van der Waals surface area contributed by atoms with E-state index in [1.54, 1.807) is 17.0 Å². The summed E-state index contributed by atoms with van der Waals surface area (Å²) >= 11 is 0. The van der Waals surface area contributed by atoms with Gasteiger partial charge in [-0.3, -0.25) is 4.90 Å². The molecule has 2 saturated heterocycles. The number of methoxy groups -OCH3 is 1. The van der Waals surface area contributed by atoms with Crippen LogP contribution in [-0.2, 0) is 22.5 Å². The summed E-state index contributed by atoms with van der Waals surface area (Å²) in [5, 5.41) is 4.07. The molecule has 3 fully saturated rings. The lowest BCUT2D eigenvalue weighted by atomic mass is 9.99. The molecule has 1 unspecified atom stereocenters. The molecule has 2 bridgehead atoms. The minimum Gasteiger partial charge on any atom is -0.465 e. The Morgan fingerprint density at radius 3 is 2.41 bits per heavy atom. The van der Waals surface area contributed by atoms with Gasteiger partial charge in [0.05, 0.1) is 30.9 Å². The van der Waals surface area contributed by atoms with E-state index in [1.807, 2.05) is 11.0 Å². The van der Waals surface area contributed by atoms with E-state index in [0.29, 0.717) is 42.7 Å². The first-order chi connectivity index (χ1) is 19.9. The number of piperidine rings is 1. The summed E-state index contributed by atoms with van der Waals surface area (Å²) in [6.45, 7) is 0.664. The lowest BCUT2D eigenvalue weighted by Crippen LogP contribution is -2.53. The van der Waals surface area contributed by atoms with E-state index in [-0.39, 0.29) is 48.0 Å². The summed E-state index contributed by atoms with van der Waals surface area (Å²) in [5.41, 5.74) is 2.70. The Hall–Kier alpha value is -3.79. The third kappa shape index (κ3) is 4.48. The van der Waals surface area contributed by atoms with Gasteiger partial charge in [0.2, 0.25) is 0 Å². The number of hydrogen-bond acceptors (Lipinski definition) is 6. The van der Waals surface area contributed by atoms with E-state index < -0.39 is 17.6 Å². The van der Waals surface area contributed by atoms with Gasteiger partial charge in [0.1, 0.15) is 23.1 Å². The van der Waals surface area contributed by atoms with E-state index >= 15 is 0 Å². The van der Waals surface area contributed by atoms with Crippen molar-refractivity contribution < 1.29 is 32.4 Å². The van der Waals surface area contributed by atoms with Crippen molar-refractivity contribution in [3.8, 4) is 11.3 Å². The Labute approximate surface area is 236 Å². The highest BCUT2D eigenvalue weighted by Crippen LogP contribution is 2.46. The fraction of sp³-hybridized carbons (Fsp3) is 0.452. The van der Waals surface area contributed by atoms with Crippen molar-refractivity contribution in [2.24, 2.45) is 0 Å². The number of carbonyl (C=O) groups excluding carboxylic acids is 2. The number of anilines is 1. The predicted octanol–water partition coefficient (Wildman–Crippen LogP) is 5.98. The number of benzene rings is 2. The molecule has 3 atom stereocenters. The minimum absolute atomic E-state index is 0.0351. The largest absolute Gasteiger partial charge is 0.465 e. The first-order valence-corrected chi connectivity index (χ1v) is 14.3. The summed E-state index contributed by atoms with van der Waals surface area (Å²) in [6, 6.07) is 9.20. The van der Waals surface area contributed by atoms with E-state index in [4.69, 9.17) is 14.0 Å². The third-order valence-corrected chi connectivity index (χ3v) is 9.00. The van der Waals surface area contributed by atoms with Crippen LogP contribution in [0.15, 0.2) is 40.9 Å². The SMILES string of the molecule is COC(=O)c1cccc2c1CCN2C(=O)N1[C@@H]2CC[C@H]1CC(OCc1c(-c3c(F)cccc3F)noc1C1CC1)C2. The number of carbonyl (C=O) groups is 2. The van der Waals surface area contributed by atoms with Crippen molar-refractivity contribution in [2.75, 3.05) is 18.6 Å². The van der Waals surface area contributed by atoms with Crippen molar-refractivity contribution in [2.45, 2.75) is 75.7 Å². The van der Waals surface area contributed by atoms with Crippen LogP contribution in [0.5, 0.6) is 0 Å². The summed E-state index contributed by atoms with van der Waals surface area (Å²) in [6.07, 6.45) is 5.55. The van der Waals surface area contributed by atoms with Crippen LogP contribution in [0.1, 0.15) is 71.7 Å². The van der Waals surface area contributed by atoms with E-state index in [1.165, 1.54) is 25.3 Å². The Kier molecular flexibility index (Phi) is 6.53. The van der Waals surface area contributed by atoms with E-state index in [2.05, 4.69) is 5.16 Å². The van der Waals surface area contributed by atoms with Gasteiger partial charge >= 0.3 is 12.0 Å². The summed E-state index contributed by atoms with van der Waals surface area (Å²) in [7, 11) is 1.36. The zero-order chi connectivity index (χ0) is 28.2. The van der Waals surface area contributed by atoms with Crippen molar-refractivity contribution >= 4 is 17.7 Å². The number of ether oxygens (including phenoxy) is 2. The normalized spacial score (nSPS) is 23.1. The van der Waals surface area contributed by atoms with Gasteiger partial charge in [-0.25, -0.2) is 18.4 Å². The van der Waals surface area contributed by atoms with E-state index in [9.17, 15) is 18.4 Å². The number of hydrogen-bond donors (Lipinski definition) is 0. The third-order valence-electron chi connectivity index (χ3n) is 9.00. The summed E-state index contributed by atoms with van der Waals surface area (Å²) in [4.78, 5) is 29.8. The number of rotatable bonds is 6. The molecule has 0 radical (unpaired) electrons. The molecule has 10 heteroatoms. The highest BCUT2D eigenvalue weighted by Gasteiger charge is 2.46. The highest BCUT2D eigenvalue weighted by atomic mass is 19.1. The first kappa shape index (κ1) is 26.1. The topological polar surface area (TPSA) is 85.1 Å². The number of urea groups is 1. The molecule has 4 aliphatic rings. The molecular weight excluding hydrogens is 532 g/mol. The Balaban J connectivity index is 1.07. The van der Waals surface area contributed by atoms with Crippen LogP contribution in [0.3, 0.4) is 0 Å². The molecule has 0 N–H and O–H groups in total. The fourth-order valence-electron chi connectivity index (χ4n) is 6.90. The molecule has 0 spiro atoms. The second kappa shape index (κ2) is 10.2. The number of nitrogens with zero attached hydrogens (tertiary/aromatic N) is 3. The first-order valence-electron chi connectivity index (χ1n) is 14.3. The van der Waals surface area contributed by atoms with Crippen molar-refractivity contribution in [3.63, 3.8) is 0 Å². The standard InChI is InChI=1S/C31H31F2N3O5/c1-39-30(37)22-4-2-7-26-21(22)12-13-35(26)31(38)36-18-10-11-19(36)15-20(14-18)40-16-23-28(34-41-29(23)17-8-9-17)27-24(32)5-3-6-25(27)33/h2-7,17-20H,8-16H2,1H3/t18-,19+,20?. The van der Waals surface area contributed by atoms with Gasteiger partial charge in [-0.2, -0.15) is 0 Å². The average Bonchev–Trinajstić information content (AvgIpc) is 3.49. The molecule has 2 aromatic carbocycles. The quantitative estimate of drug-likeness (QED) is 0.343. The summed E-state index contributed by atoms with van der Waals surface area (Å²) in [5.74, 6) is -0.920. The van der Waals surface area contributed by atoms with Crippen molar-refractivity contribution in [1.29, 1.82) is 0 Å². The molecule has 7 rings (SSSR count). The molecule has 3 aliphatic heterocycles. The molecule has 4 heterocycles.